The minimum atomic E-state index is -8.69. The van der Waals surface area contributed by atoms with E-state index in [9.17, 15) is 84.1 Å². The zero-order valence-corrected chi connectivity index (χ0v) is 34.6. The Morgan fingerprint density at radius 3 is 1.43 bits per heavy atom. The molecule has 0 aromatic carbocycles. The third kappa shape index (κ3) is 16.9. The minimum absolute atomic E-state index is 0.0730. The molecule has 0 aliphatic rings. The molecule has 0 bridgehead atoms. The predicted molar refractivity (Wildman–Crippen MR) is 185 cm³/mol. The molecule has 0 aliphatic carbocycles. The number of hydrogen-bond acceptors (Lipinski definition) is 5. The molecule has 0 radical (unpaired) electrons. The van der Waals surface area contributed by atoms with Gasteiger partial charge in [-0.05, 0) is 25.3 Å². The van der Waals surface area contributed by atoms with E-state index in [1.165, 1.54) is 32.1 Å². The van der Waals surface area contributed by atoms with Crippen LogP contribution < -0.4 is 0 Å². The predicted octanol–water partition coefficient (Wildman–Crippen LogP) is 12.3. The van der Waals surface area contributed by atoms with Gasteiger partial charge in [0.15, 0.2) is 0 Å². The molecular formula is C35H56F17NO6P+. The summed E-state index contributed by atoms with van der Waals surface area (Å²) in [6, 6.07) is 0. The maximum atomic E-state index is 14.1. The van der Waals surface area contributed by atoms with Gasteiger partial charge in [-0.1, -0.05) is 83.6 Å². The molecule has 0 heterocycles. The number of hydrogen-bond donors (Lipinski definition) is 1. The summed E-state index contributed by atoms with van der Waals surface area (Å²) < 4.78 is 263. The number of likely N-dealkylation sites (N-methyl/N-ethyl adjacent to an activating group) is 1. The Morgan fingerprint density at radius 2 is 0.983 bits per heavy atom. The van der Waals surface area contributed by atoms with Crippen LogP contribution in [0.15, 0.2) is 12.2 Å². The van der Waals surface area contributed by atoms with Gasteiger partial charge in [0.05, 0.1) is 34.4 Å². The van der Waals surface area contributed by atoms with Crippen molar-refractivity contribution in [2.75, 3.05) is 60.7 Å². The molecule has 1 N–H and O–H groups in total. The normalized spacial score (nSPS) is 16.2. The molecule has 1 unspecified atom stereocenters. The molecule has 0 amide bonds. The topological polar surface area (TPSA) is 74.2 Å². The van der Waals surface area contributed by atoms with Crippen molar-refractivity contribution in [2.24, 2.45) is 0 Å². The maximum Gasteiger partial charge on any atom is 0.472 e. The van der Waals surface area contributed by atoms with Crippen molar-refractivity contribution >= 4 is 7.82 Å². The first-order chi connectivity index (χ1) is 27.1. The van der Waals surface area contributed by atoms with E-state index in [-0.39, 0.29) is 19.3 Å². The standard InChI is InChI=1S/C35H55F17NO6P/c1-5-6-7-8-9-10-11-12-13-14-15-19-23-57-27(26-59-60(54,55)58-24-21-53(2,3)4)25-56-22-18-16-17-20-28(36,37)29(38,39)30(40,41)31(42,43)32(44,45)33(46,47)34(48,49)35(50,51)52/h17,20,27H,5-16,18-19,21-26H2,1-4H3/p+1/b20-17+/t27-/m0/s1. The van der Waals surface area contributed by atoms with E-state index in [4.69, 9.17) is 18.5 Å². The van der Waals surface area contributed by atoms with Gasteiger partial charge in [0.25, 0.3) is 0 Å². The van der Waals surface area contributed by atoms with Crippen LogP contribution in [0.2, 0.25) is 0 Å². The van der Waals surface area contributed by atoms with Gasteiger partial charge in [-0.2, -0.15) is 74.6 Å². The van der Waals surface area contributed by atoms with Crippen molar-refractivity contribution in [1.82, 2.24) is 0 Å². The van der Waals surface area contributed by atoms with Crippen molar-refractivity contribution in [2.45, 2.75) is 151 Å². The first-order valence-electron chi connectivity index (χ1n) is 19.1. The van der Waals surface area contributed by atoms with E-state index < -0.39 is 100 Å². The van der Waals surface area contributed by atoms with Crippen LogP contribution in [0.1, 0.15) is 96.8 Å². The van der Waals surface area contributed by atoms with E-state index in [0.717, 1.165) is 38.5 Å². The van der Waals surface area contributed by atoms with Crippen LogP contribution >= 0.6 is 7.82 Å². The first-order valence-corrected chi connectivity index (χ1v) is 20.6. The van der Waals surface area contributed by atoms with Crippen LogP contribution in [-0.2, 0) is 23.1 Å². The SMILES string of the molecule is CCCCCCCCCCCCCCO[C@@H](COCCC/C=C/C(F)(F)C(F)(F)C(F)(F)C(F)(F)C(F)(F)C(F)(F)C(F)(F)C(F)(F)F)COP(=O)(O)OCC[N+](C)(C)C. The number of allylic oxidation sites excluding steroid dienone is 2. The van der Waals surface area contributed by atoms with Crippen molar-refractivity contribution in [3.8, 4) is 0 Å². The van der Waals surface area contributed by atoms with Gasteiger partial charge in [-0.3, -0.25) is 9.05 Å². The number of quaternary nitrogens is 1. The summed E-state index contributed by atoms with van der Waals surface area (Å²) in [7, 11) is 0.783. The highest BCUT2D eigenvalue weighted by Gasteiger charge is 2.95. The minimum Gasteiger partial charge on any atom is -0.379 e. The van der Waals surface area contributed by atoms with Gasteiger partial charge in [0.2, 0.25) is 0 Å². The highest BCUT2D eigenvalue weighted by atomic mass is 31.2. The van der Waals surface area contributed by atoms with Crippen molar-refractivity contribution in [3.05, 3.63) is 12.2 Å². The number of phosphoric acid groups is 1. The molecule has 0 fully saturated rings. The largest absolute Gasteiger partial charge is 0.472 e. The average Bonchev–Trinajstić information content (AvgIpc) is 3.10. The number of rotatable bonds is 34. The Balaban J connectivity index is 5.39. The Hall–Kier alpha value is -1.46. The summed E-state index contributed by atoms with van der Waals surface area (Å²) in [6.07, 6.45) is 1.19. The summed E-state index contributed by atoms with van der Waals surface area (Å²) in [6.45, 7) is 1.01. The summed E-state index contributed by atoms with van der Waals surface area (Å²) in [5.41, 5.74) is 0. The van der Waals surface area contributed by atoms with Gasteiger partial charge in [-0.25, -0.2) is 4.57 Å². The summed E-state index contributed by atoms with van der Waals surface area (Å²) in [5.74, 6) is -56.9. The maximum absolute atomic E-state index is 14.1. The van der Waals surface area contributed by atoms with E-state index in [0.29, 0.717) is 17.4 Å². The summed E-state index contributed by atoms with van der Waals surface area (Å²) in [5, 5.41) is 0. The number of unbranched alkanes of at least 4 members (excludes halogenated alkanes) is 12. The summed E-state index contributed by atoms with van der Waals surface area (Å²) in [4.78, 5) is 10.0. The lowest BCUT2D eigenvalue weighted by Crippen LogP contribution is -2.74. The molecule has 2 atom stereocenters. The van der Waals surface area contributed by atoms with Crippen LogP contribution in [0.25, 0.3) is 0 Å². The quantitative estimate of drug-likeness (QED) is 0.0228. The lowest BCUT2D eigenvalue weighted by Gasteiger charge is -2.42. The highest BCUT2D eigenvalue weighted by Crippen LogP contribution is 2.64. The third-order valence-electron chi connectivity index (χ3n) is 8.83. The Morgan fingerprint density at radius 1 is 0.550 bits per heavy atom. The van der Waals surface area contributed by atoms with E-state index in [1.54, 1.807) is 21.1 Å². The molecule has 0 rings (SSSR count). The van der Waals surface area contributed by atoms with Crippen molar-refractivity contribution in [1.29, 1.82) is 0 Å². The lowest BCUT2D eigenvalue weighted by molar-refractivity contribution is -0.870. The van der Waals surface area contributed by atoms with Gasteiger partial charge >= 0.3 is 55.5 Å². The van der Waals surface area contributed by atoms with Crippen LogP contribution in [-0.4, -0.2) is 124 Å². The fraction of sp³-hybridized carbons (Fsp3) is 0.943. The molecule has 0 aromatic heterocycles. The molecule has 60 heavy (non-hydrogen) atoms. The fourth-order valence-corrected chi connectivity index (χ4v) is 5.75. The van der Waals surface area contributed by atoms with Gasteiger partial charge in [0, 0.05) is 13.2 Å². The Kier molecular flexibility index (Phi) is 23.4. The van der Waals surface area contributed by atoms with Crippen LogP contribution in [0, 0.1) is 0 Å². The summed E-state index contributed by atoms with van der Waals surface area (Å²) >= 11 is 0. The smallest absolute Gasteiger partial charge is 0.379 e. The number of ether oxygens (including phenoxy) is 2. The molecule has 0 aliphatic heterocycles. The van der Waals surface area contributed by atoms with E-state index >= 15 is 0 Å². The van der Waals surface area contributed by atoms with E-state index in [1.807, 2.05) is 0 Å². The van der Waals surface area contributed by atoms with Crippen LogP contribution in [0.4, 0.5) is 74.6 Å². The number of nitrogens with zero attached hydrogens (tertiary/aromatic N) is 1. The highest BCUT2D eigenvalue weighted by molar-refractivity contribution is 7.47. The lowest BCUT2D eigenvalue weighted by atomic mass is 9.89. The molecule has 0 saturated heterocycles. The zero-order chi connectivity index (χ0) is 47.0. The Bertz CT molecular complexity index is 1300. The second kappa shape index (κ2) is 24.0. The van der Waals surface area contributed by atoms with E-state index in [2.05, 4.69) is 6.92 Å². The van der Waals surface area contributed by atoms with Gasteiger partial charge < -0.3 is 18.9 Å². The molecule has 7 nitrogen and oxygen atoms in total. The first kappa shape index (κ1) is 58.5. The van der Waals surface area contributed by atoms with Crippen molar-refractivity contribution < 1.29 is 107 Å². The van der Waals surface area contributed by atoms with Gasteiger partial charge in [-0.15, -0.1) is 0 Å². The number of halogens is 17. The third-order valence-corrected chi connectivity index (χ3v) is 9.81. The second-order valence-electron chi connectivity index (χ2n) is 15.2. The molecule has 0 aromatic rings. The van der Waals surface area contributed by atoms with Crippen molar-refractivity contribution in [3.63, 3.8) is 0 Å². The molecule has 25 heteroatoms. The zero-order valence-electron chi connectivity index (χ0n) is 33.7. The van der Waals surface area contributed by atoms with Crippen LogP contribution in [0.3, 0.4) is 0 Å². The van der Waals surface area contributed by atoms with Gasteiger partial charge in [0.1, 0.15) is 19.3 Å². The molecular weight excluding hydrogens is 884 g/mol. The second-order valence-corrected chi connectivity index (χ2v) is 16.6. The molecule has 0 spiro atoms. The molecule has 360 valence electrons. The Labute approximate surface area is 338 Å². The fourth-order valence-electron chi connectivity index (χ4n) is 5.01. The number of alkyl halides is 17. The van der Waals surface area contributed by atoms with Crippen LogP contribution in [0.5, 0.6) is 0 Å². The average molecular weight is 941 g/mol. The monoisotopic (exact) mass is 940 g/mol. The number of phosphoric ester groups is 1. The molecule has 0 saturated carbocycles.